The molecule has 0 spiro atoms. The first-order valence-electron chi connectivity index (χ1n) is 6.83. The van der Waals surface area contributed by atoms with E-state index in [1.165, 1.54) is 16.7 Å². The number of nitrogens with one attached hydrogen (secondary N) is 1. The smallest absolute Gasteiger partial charge is 0.347 e. The standard InChI is InChI=1S/C16H13F2N3O2/c1-23-13-6-4-12(5-7-13)21-15(19-20-16(21)22)8-10-2-3-11(17)9-14(10)18/h2-7,9H,8H2,1H3,(H,20,22). The van der Waals surface area contributed by atoms with Crippen LogP contribution in [0, 0.1) is 11.6 Å². The van der Waals surface area contributed by atoms with Crippen molar-refractivity contribution in [3.05, 3.63) is 76.0 Å². The van der Waals surface area contributed by atoms with Crippen molar-refractivity contribution in [3.8, 4) is 11.4 Å². The van der Waals surface area contributed by atoms with Crippen LogP contribution in [0.2, 0.25) is 0 Å². The predicted molar refractivity (Wildman–Crippen MR) is 79.9 cm³/mol. The number of rotatable bonds is 4. The molecular weight excluding hydrogens is 304 g/mol. The number of aromatic amines is 1. The molecule has 3 aromatic rings. The van der Waals surface area contributed by atoms with Gasteiger partial charge in [0.25, 0.3) is 0 Å². The highest BCUT2D eigenvalue weighted by molar-refractivity contribution is 5.38. The van der Waals surface area contributed by atoms with Crippen LogP contribution < -0.4 is 10.4 Å². The minimum atomic E-state index is -0.679. The van der Waals surface area contributed by atoms with Gasteiger partial charge in [-0.15, -0.1) is 0 Å². The van der Waals surface area contributed by atoms with Gasteiger partial charge >= 0.3 is 5.69 Å². The van der Waals surface area contributed by atoms with Crippen LogP contribution in [0.15, 0.2) is 47.3 Å². The van der Waals surface area contributed by atoms with Crippen molar-refractivity contribution in [1.82, 2.24) is 14.8 Å². The van der Waals surface area contributed by atoms with Crippen molar-refractivity contribution < 1.29 is 13.5 Å². The van der Waals surface area contributed by atoms with E-state index in [0.29, 0.717) is 17.3 Å². The molecule has 23 heavy (non-hydrogen) atoms. The zero-order valence-electron chi connectivity index (χ0n) is 12.2. The van der Waals surface area contributed by atoms with Gasteiger partial charge in [0, 0.05) is 12.5 Å². The summed E-state index contributed by atoms with van der Waals surface area (Å²) in [4.78, 5) is 12.0. The van der Waals surface area contributed by atoms with Crippen LogP contribution in [-0.2, 0) is 6.42 Å². The molecule has 1 heterocycles. The molecular formula is C16H13F2N3O2. The van der Waals surface area contributed by atoms with E-state index in [4.69, 9.17) is 4.74 Å². The zero-order chi connectivity index (χ0) is 16.4. The van der Waals surface area contributed by atoms with Gasteiger partial charge in [0.15, 0.2) is 0 Å². The number of aromatic nitrogens is 3. The molecule has 7 heteroatoms. The van der Waals surface area contributed by atoms with Crippen LogP contribution in [0.1, 0.15) is 11.4 Å². The lowest BCUT2D eigenvalue weighted by Gasteiger charge is -2.07. The van der Waals surface area contributed by atoms with Crippen LogP contribution in [0.25, 0.3) is 5.69 Å². The molecule has 0 aliphatic rings. The Hall–Kier alpha value is -2.96. The van der Waals surface area contributed by atoms with Crippen LogP contribution in [0.5, 0.6) is 5.75 Å². The van der Waals surface area contributed by atoms with Crippen molar-refractivity contribution in [1.29, 1.82) is 0 Å². The van der Waals surface area contributed by atoms with E-state index in [1.54, 1.807) is 31.4 Å². The van der Waals surface area contributed by atoms with Gasteiger partial charge in [-0.25, -0.2) is 23.2 Å². The molecule has 0 aliphatic carbocycles. The van der Waals surface area contributed by atoms with Gasteiger partial charge in [-0.1, -0.05) is 6.07 Å². The van der Waals surface area contributed by atoms with Gasteiger partial charge in [-0.3, -0.25) is 0 Å². The Kier molecular flexibility index (Phi) is 3.92. The molecule has 0 unspecified atom stereocenters. The van der Waals surface area contributed by atoms with E-state index in [1.807, 2.05) is 0 Å². The van der Waals surface area contributed by atoms with Crippen LogP contribution >= 0.6 is 0 Å². The first-order valence-corrected chi connectivity index (χ1v) is 6.83. The highest BCUT2D eigenvalue weighted by atomic mass is 19.1. The molecule has 0 fully saturated rings. The molecule has 118 valence electrons. The minimum Gasteiger partial charge on any atom is -0.497 e. The van der Waals surface area contributed by atoms with Crippen molar-refractivity contribution >= 4 is 0 Å². The second-order valence-electron chi connectivity index (χ2n) is 4.89. The number of hydrogen-bond donors (Lipinski definition) is 1. The summed E-state index contributed by atoms with van der Waals surface area (Å²) < 4.78 is 33.2. The number of methoxy groups -OCH3 is 1. The first kappa shape index (κ1) is 15.0. The van der Waals surface area contributed by atoms with Gasteiger partial charge in [-0.2, -0.15) is 5.10 Å². The minimum absolute atomic E-state index is 0.0525. The Morgan fingerprint density at radius 3 is 2.57 bits per heavy atom. The highest BCUT2D eigenvalue weighted by Gasteiger charge is 2.13. The third kappa shape index (κ3) is 2.98. The number of nitrogens with zero attached hydrogens (tertiary/aromatic N) is 2. The molecule has 0 saturated carbocycles. The van der Waals surface area contributed by atoms with E-state index >= 15 is 0 Å². The van der Waals surface area contributed by atoms with Gasteiger partial charge in [0.1, 0.15) is 23.2 Å². The maximum Gasteiger partial charge on any atom is 0.347 e. The number of benzene rings is 2. The fourth-order valence-corrected chi connectivity index (χ4v) is 2.28. The van der Waals surface area contributed by atoms with Crippen molar-refractivity contribution in [2.45, 2.75) is 6.42 Å². The van der Waals surface area contributed by atoms with E-state index in [0.717, 1.165) is 6.07 Å². The second kappa shape index (κ2) is 6.04. The van der Waals surface area contributed by atoms with E-state index in [9.17, 15) is 13.6 Å². The number of halogens is 2. The molecule has 1 N–H and O–H groups in total. The fraction of sp³-hybridized carbons (Fsp3) is 0.125. The van der Waals surface area contributed by atoms with Gasteiger partial charge in [0.2, 0.25) is 0 Å². The molecule has 5 nitrogen and oxygen atoms in total. The average Bonchev–Trinajstić information content (AvgIpc) is 2.91. The Balaban J connectivity index is 1.99. The molecule has 0 bridgehead atoms. The number of H-pyrrole nitrogens is 1. The van der Waals surface area contributed by atoms with Crippen LogP contribution in [-0.4, -0.2) is 21.9 Å². The summed E-state index contributed by atoms with van der Waals surface area (Å²) in [6, 6.07) is 10.1. The molecule has 1 aromatic heterocycles. The van der Waals surface area contributed by atoms with Gasteiger partial charge in [0.05, 0.1) is 12.8 Å². The van der Waals surface area contributed by atoms with Crippen LogP contribution in [0.3, 0.4) is 0 Å². The molecule has 0 radical (unpaired) electrons. The van der Waals surface area contributed by atoms with E-state index in [2.05, 4.69) is 10.2 Å². The van der Waals surface area contributed by atoms with E-state index in [-0.39, 0.29) is 12.0 Å². The Bertz CT molecular complexity index is 885. The summed E-state index contributed by atoms with van der Waals surface area (Å²) in [7, 11) is 1.54. The Labute approximate surface area is 130 Å². The lowest BCUT2D eigenvalue weighted by molar-refractivity contribution is 0.414. The molecule has 0 amide bonds. The Morgan fingerprint density at radius 1 is 1.17 bits per heavy atom. The van der Waals surface area contributed by atoms with Crippen LogP contribution in [0.4, 0.5) is 8.78 Å². The first-order chi connectivity index (χ1) is 11.1. The third-order valence-corrected chi connectivity index (χ3v) is 3.44. The molecule has 0 saturated heterocycles. The predicted octanol–water partition coefficient (Wildman–Crippen LogP) is 2.44. The summed E-state index contributed by atoms with van der Waals surface area (Å²) in [6.45, 7) is 0. The summed E-state index contributed by atoms with van der Waals surface area (Å²) in [5.74, 6) is -0.357. The Morgan fingerprint density at radius 2 is 1.91 bits per heavy atom. The quantitative estimate of drug-likeness (QED) is 0.804. The van der Waals surface area contributed by atoms with Crippen molar-refractivity contribution in [3.63, 3.8) is 0 Å². The highest BCUT2D eigenvalue weighted by Crippen LogP contribution is 2.17. The maximum absolute atomic E-state index is 13.8. The fourth-order valence-electron chi connectivity index (χ4n) is 2.28. The normalized spacial score (nSPS) is 10.7. The zero-order valence-corrected chi connectivity index (χ0v) is 12.2. The van der Waals surface area contributed by atoms with Crippen molar-refractivity contribution in [2.24, 2.45) is 0 Å². The largest absolute Gasteiger partial charge is 0.497 e. The second-order valence-corrected chi connectivity index (χ2v) is 4.89. The third-order valence-electron chi connectivity index (χ3n) is 3.44. The summed E-state index contributed by atoms with van der Waals surface area (Å²) in [6.07, 6.45) is 0.0525. The van der Waals surface area contributed by atoms with Gasteiger partial charge < -0.3 is 4.74 Å². The van der Waals surface area contributed by atoms with E-state index < -0.39 is 17.3 Å². The molecule has 2 aromatic carbocycles. The monoisotopic (exact) mass is 317 g/mol. The number of ether oxygens (including phenoxy) is 1. The topological polar surface area (TPSA) is 59.9 Å². The summed E-state index contributed by atoms with van der Waals surface area (Å²) in [5.41, 5.74) is 0.384. The maximum atomic E-state index is 13.8. The number of hydrogen-bond acceptors (Lipinski definition) is 3. The lowest BCUT2D eigenvalue weighted by Crippen LogP contribution is -2.17. The SMILES string of the molecule is COc1ccc(-n2c(Cc3ccc(F)cc3F)n[nH]c2=O)cc1. The van der Waals surface area contributed by atoms with Crippen molar-refractivity contribution in [2.75, 3.05) is 7.11 Å². The summed E-state index contributed by atoms with van der Waals surface area (Å²) >= 11 is 0. The summed E-state index contributed by atoms with van der Waals surface area (Å²) in [5, 5.41) is 6.27. The molecule has 0 aliphatic heterocycles. The molecule has 0 atom stereocenters. The average molecular weight is 317 g/mol. The van der Waals surface area contributed by atoms with Gasteiger partial charge in [-0.05, 0) is 35.9 Å². The molecule has 3 rings (SSSR count). The lowest BCUT2D eigenvalue weighted by atomic mass is 10.1.